The van der Waals surface area contributed by atoms with E-state index in [0.29, 0.717) is 17.8 Å². The second-order valence-electron chi connectivity index (χ2n) is 9.54. The highest BCUT2D eigenvalue weighted by atomic mass is 31.2. The van der Waals surface area contributed by atoms with E-state index in [0.717, 1.165) is 12.8 Å². The molecule has 0 saturated carbocycles. The number of anilines is 1. The SMILES string of the molecule is CCCCCCCCCCOCCOP(=O)(O)OC[C@H]1O[C@@](C)(c2ccc3c(N)ncnn23)[C@H](O)[C@@H]1O. The van der Waals surface area contributed by atoms with Crippen molar-refractivity contribution in [3.05, 3.63) is 24.2 Å². The number of phosphoric acid groups is 1. The number of aromatic nitrogens is 3. The number of hydrogen-bond donors (Lipinski definition) is 4. The van der Waals surface area contributed by atoms with Gasteiger partial charge < -0.3 is 30.3 Å². The summed E-state index contributed by atoms with van der Waals surface area (Å²) in [6.45, 7) is 3.93. The van der Waals surface area contributed by atoms with Gasteiger partial charge in [0.25, 0.3) is 0 Å². The Kier molecular flexibility index (Phi) is 11.3. The zero-order chi connectivity index (χ0) is 26.9. The zero-order valence-corrected chi connectivity index (χ0v) is 22.6. The van der Waals surface area contributed by atoms with E-state index >= 15 is 0 Å². The van der Waals surface area contributed by atoms with Crippen LogP contribution in [-0.4, -0.2) is 74.4 Å². The first-order chi connectivity index (χ1) is 17.7. The van der Waals surface area contributed by atoms with E-state index in [1.54, 1.807) is 19.1 Å². The lowest BCUT2D eigenvalue weighted by Crippen LogP contribution is -2.39. The Morgan fingerprint density at radius 3 is 2.51 bits per heavy atom. The highest BCUT2D eigenvalue weighted by molar-refractivity contribution is 7.47. The normalized spacial score (nSPS) is 25.6. The van der Waals surface area contributed by atoms with Crippen molar-refractivity contribution in [2.45, 2.75) is 89.1 Å². The maximum absolute atomic E-state index is 12.3. The lowest BCUT2D eigenvalue weighted by molar-refractivity contribution is -0.0889. The third-order valence-electron chi connectivity index (χ3n) is 6.68. The molecule has 1 unspecified atom stereocenters. The number of nitrogens with two attached hydrogens (primary N) is 1. The monoisotopic (exact) mass is 544 g/mol. The fourth-order valence-corrected chi connectivity index (χ4v) is 5.23. The first kappa shape index (κ1) is 29.9. The molecular formula is C24H41N4O8P. The van der Waals surface area contributed by atoms with Gasteiger partial charge in [0.05, 0.1) is 25.5 Å². The molecule has 0 aromatic carbocycles. The topological polar surface area (TPSA) is 171 Å². The number of ether oxygens (including phenoxy) is 2. The Labute approximate surface area is 217 Å². The highest BCUT2D eigenvalue weighted by Gasteiger charge is 2.54. The van der Waals surface area contributed by atoms with Crippen LogP contribution in [-0.2, 0) is 28.7 Å². The molecule has 13 heteroatoms. The van der Waals surface area contributed by atoms with Gasteiger partial charge in [-0.15, -0.1) is 0 Å². The quantitative estimate of drug-likeness (QED) is 0.170. The molecule has 5 N–H and O–H groups in total. The van der Waals surface area contributed by atoms with Gasteiger partial charge in [0, 0.05) is 6.61 Å². The Morgan fingerprint density at radius 1 is 1.08 bits per heavy atom. The van der Waals surface area contributed by atoms with Crippen LogP contribution >= 0.6 is 7.82 Å². The van der Waals surface area contributed by atoms with Gasteiger partial charge >= 0.3 is 7.82 Å². The van der Waals surface area contributed by atoms with Crippen molar-refractivity contribution in [1.29, 1.82) is 0 Å². The van der Waals surface area contributed by atoms with Crippen LogP contribution in [0.15, 0.2) is 18.5 Å². The molecule has 210 valence electrons. The second-order valence-corrected chi connectivity index (χ2v) is 11.0. The summed E-state index contributed by atoms with van der Waals surface area (Å²) in [6, 6.07) is 3.34. The second kappa shape index (κ2) is 14.0. The number of hydrogen-bond acceptors (Lipinski definition) is 10. The summed E-state index contributed by atoms with van der Waals surface area (Å²) < 4.78 is 35.1. The maximum Gasteiger partial charge on any atom is 0.472 e. The Balaban J connectivity index is 1.38. The van der Waals surface area contributed by atoms with E-state index in [1.807, 2.05) is 0 Å². The summed E-state index contributed by atoms with van der Waals surface area (Å²) in [5.74, 6) is 0.248. The summed E-state index contributed by atoms with van der Waals surface area (Å²) in [7, 11) is -4.41. The molecule has 2 aromatic heterocycles. The van der Waals surface area contributed by atoms with Gasteiger partial charge in [0.15, 0.2) is 5.82 Å². The van der Waals surface area contributed by atoms with Gasteiger partial charge in [-0.25, -0.2) is 14.1 Å². The van der Waals surface area contributed by atoms with Crippen LogP contribution in [0.2, 0.25) is 0 Å². The molecule has 1 aliphatic heterocycles. The van der Waals surface area contributed by atoms with Crippen molar-refractivity contribution in [3.8, 4) is 0 Å². The van der Waals surface area contributed by atoms with Crippen LogP contribution in [0.5, 0.6) is 0 Å². The fraction of sp³-hybridized carbons (Fsp3) is 0.750. The van der Waals surface area contributed by atoms with E-state index in [2.05, 4.69) is 17.0 Å². The minimum atomic E-state index is -4.41. The van der Waals surface area contributed by atoms with Crippen LogP contribution in [0.4, 0.5) is 5.82 Å². The van der Waals surface area contributed by atoms with Crippen molar-refractivity contribution in [3.63, 3.8) is 0 Å². The molecular weight excluding hydrogens is 503 g/mol. The summed E-state index contributed by atoms with van der Waals surface area (Å²) in [4.78, 5) is 13.9. The third-order valence-corrected chi connectivity index (χ3v) is 7.67. The van der Waals surface area contributed by atoms with E-state index in [4.69, 9.17) is 24.3 Å². The first-order valence-electron chi connectivity index (χ1n) is 13.0. The van der Waals surface area contributed by atoms with Crippen molar-refractivity contribution in [2.24, 2.45) is 0 Å². The van der Waals surface area contributed by atoms with Gasteiger partial charge in [-0.3, -0.25) is 9.05 Å². The zero-order valence-electron chi connectivity index (χ0n) is 21.7. The number of phosphoric ester groups is 1. The summed E-state index contributed by atoms with van der Waals surface area (Å²) in [5.41, 5.74) is 5.44. The average Bonchev–Trinajstić information content (AvgIpc) is 3.40. The van der Waals surface area contributed by atoms with E-state index in [-0.39, 0.29) is 19.0 Å². The minimum absolute atomic E-state index is 0.115. The molecule has 0 spiro atoms. The minimum Gasteiger partial charge on any atom is -0.387 e. The average molecular weight is 545 g/mol. The molecule has 0 aliphatic carbocycles. The van der Waals surface area contributed by atoms with E-state index in [9.17, 15) is 19.7 Å². The lowest BCUT2D eigenvalue weighted by Gasteiger charge is -2.27. The molecule has 12 nitrogen and oxygen atoms in total. The van der Waals surface area contributed by atoms with Crippen LogP contribution in [0.1, 0.15) is 70.9 Å². The Hall–Kier alpha value is -1.63. The van der Waals surface area contributed by atoms with E-state index < -0.39 is 38.3 Å². The molecule has 1 fully saturated rings. The van der Waals surface area contributed by atoms with Crippen molar-refractivity contribution < 1.29 is 38.2 Å². The van der Waals surface area contributed by atoms with Crippen molar-refractivity contribution in [2.75, 3.05) is 32.2 Å². The molecule has 0 radical (unpaired) electrons. The fourth-order valence-electron chi connectivity index (χ4n) is 4.51. The molecule has 1 aliphatic rings. The molecule has 3 rings (SSSR count). The van der Waals surface area contributed by atoms with Gasteiger partial charge in [0.2, 0.25) is 0 Å². The number of nitrogens with zero attached hydrogens (tertiary/aromatic N) is 3. The summed E-state index contributed by atoms with van der Waals surface area (Å²) >= 11 is 0. The smallest absolute Gasteiger partial charge is 0.387 e. The standard InChI is InChI=1S/C24H41N4O8P/c1-3-4-5-6-7-8-9-10-13-33-14-15-34-37(31,32)35-16-19-21(29)22(30)24(2,36-19)20-12-11-18-23(25)26-17-27-28(18)20/h11-12,17,19,21-22,29-30H,3-10,13-16H2,1-2H3,(H,31,32)(H2,25,26,27)/t19-,21-,22-,24+/m1/s1. The number of aliphatic hydroxyl groups is 2. The summed E-state index contributed by atoms with van der Waals surface area (Å²) in [6.07, 6.45) is 7.04. The molecule has 1 saturated heterocycles. The molecule has 0 amide bonds. The third kappa shape index (κ3) is 7.93. The predicted octanol–water partition coefficient (Wildman–Crippen LogP) is 2.94. The van der Waals surface area contributed by atoms with Gasteiger partial charge in [-0.2, -0.15) is 5.10 Å². The van der Waals surface area contributed by atoms with E-state index in [1.165, 1.54) is 49.4 Å². The Morgan fingerprint density at radius 2 is 1.78 bits per heavy atom. The van der Waals surface area contributed by atoms with Crippen molar-refractivity contribution >= 4 is 19.2 Å². The van der Waals surface area contributed by atoms with Crippen LogP contribution in [0, 0.1) is 0 Å². The predicted molar refractivity (Wildman–Crippen MR) is 137 cm³/mol. The number of aliphatic hydroxyl groups excluding tert-OH is 2. The maximum atomic E-state index is 12.3. The van der Waals surface area contributed by atoms with Crippen LogP contribution in [0.25, 0.3) is 5.52 Å². The van der Waals surface area contributed by atoms with Crippen LogP contribution in [0.3, 0.4) is 0 Å². The van der Waals surface area contributed by atoms with Crippen LogP contribution < -0.4 is 5.73 Å². The number of rotatable bonds is 17. The molecule has 5 atom stereocenters. The number of unbranched alkanes of at least 4 members (excludes halogenated alkanes) is 7. The Bertz CT molecular complexity index is 1020. The highest BCUT2D eigenvalue weighted by Crippen LogP contribution is 2.46. The van der Waals surface area contributed by atoms with Gasteiger partial charge in [-0.05, 0) is 25.5 Å². The lowest BCUT2D eigenvalue weighted by atomic mass is 9.93. The molecule has 2 aromatic rings. The number of fused-ring (bicyclic) bond motifs is 1. The molecule has 0 bridgehead atoms. The van der Waals surface area contributed by atoms with Gasteiger partial charge in [0.1, 0.15) is 35.8 Å². The summed E-state index contributed by atoms with van der Waals surface area (Å²) in [5, 5.41) is 25.4. The largest absolute Gasteiger partial charge is 0.472 e. The van der Waals surface area contributed by atoms with Gasteiger partial charge in [-0.1, -0.05) is 51.9 Å². The van der Waals surface area contributed by atoms with Crippen molar-refractivity contribution in [1.82, 2.24) is 14.6 Å². The number of nitrogen functional groups attached to an aromatic ring is 1. The molecule has 37 heavy (non-hydrogen) atoms. The molecule has 3 heterocycles. The first-order valence-corrected chi connectivity index (χ1v) is 14.5.